The lowest BCUT2D eigenvalue weighted by atomic mass is 10.2. The molecule has 7 heteroatoms. The summed E-state index contributed by atoms with van der Waals surface area (Å²) >= 11 is 11.9. The quantitative estimate of drug-likeness (QED) is 0.629. The Bertz CT molecular complexity index is 485. The number of ether oxygens (including phenoxy) is 2. The van der Waals surface area contributed by atoms with Crippen LogP contribution in [0.1, 0.15) is 12.0 Å². The molecule has 1 aromatic rings. The van der Waals surface area contributed by atoms with Crippen molar-refractivity contribution in [2.75, 3.05) is 26.8 Å². The number of methoxy groups -OCH3 is 1. The van der Waals surface area contributed by atoms with E-state index in [4.69, 9.17) is 27.9 Å². The molecule has 1 saturated heterocycles. The standard InChI is InChI=1S/C13H16Cl2N2O3/c1-19-13(18)4-10-8-17(2-3-20-10)7-9-6-16-12(15)5-11(9)14/h5-6,10H,2-4,7-8H2,1H3. The monoisotopic (exact) mass is 318 g/mol. The second kappa shape index (κ2) is 7.22. The molecule has 0 N–H and O–H groups in total. The molecule has 2 heterocycles. The summed E-state index contributed by atoms with van der Waals surface area (Å²) in [4.78, 5) is 17.5. The Morgan fingerprint density at radius 2 is 2.40 bits per heavy atom. The Labute approximate surface area is 127 Å². The molecule has 1 aromatic heterocycles. The Morgan fingerprint density at radius 3 is 3.10 bits per heavy atom. The number of morpholine rings is 1. The predicted octanol–water partition coefficient (Wildman–Crippen LogP) is 2.15. The zero-order chi connectivity index (χ0) is 14.5. The highest BCUT2D eigenvalue weighted by Crippen LogP contribution is 2.21. The normalized spacial score (nSPS) is 19.9. The van der Waals surface area contributed by atoms with Gasteiger partial charge >= 0.3 is 5.97 Å². The molecule has 5 nitrogen and oxygen atoms in total. The van der Waals surface area contributed by atoms with Crippen molar-refractivity contribution in [1.82, 2.24) is 9.88 Å². The summed E-state index contributed by atoms with van der Waals surface area (Å²) in [6.07, 6.45) is 1.80. The molecule has 1 unspecified atom stereocenters. The maximum Gasteiger partial charge on any atom is 0.308 e. The first-order chi connectivity index (χ1) is 9.58. The van der Waals surface area contributed by atoms with E-state index in [1.807, 2.05) is 0 Å². The molecule has 0 aliphatic carbocycles. The van der Waals surface area contributed by atoms with E-state index in [2.05, 4.69) is 14.6 Å². The van der Waals surface area contributed by atoms with E-state index in [1.165, 1.54) is 7.11 Å². The van der Waals surface area contributed by atoms with Crippen LogP contribution in [0, 0.1) is 0 Å². The van der Waals surface area contributed by atoms with Crippen molar-refractivity contribution < 1.29 is 14.3 Å². The van der Waals surface area contributed by atoms with Crippen LogP contribution in [0.15, 0.2) is 12.3 Å². The highest BCUT2D eigenvalue weighted by atomic mass is 35.5. The number of hydrogen-bond acceptors (Lipinski definition) is 5. The number of hydrogen-bond donors (Lipinski definition) is 0. The van der Waals surface area contributed by atoms with Gasteiger partial charge < -0.3 is 9.47 Å². The van der Waals surface area contributed by atoms with Crippen molar-refractivity contribution in [3.8, 4) is 0 Å². The number of aromatic nitrogens is 1. The molecule has 0 bridgehead atoms. The largest absolute Gasteiger partial charge is 0.469 e. The van der Waals surface area contributed by atoms with Gasteiger partial charge in [-0.25, -0.2) is 4.98 Å². The average Bonchev–Trinajstić information content (AvgIpc) is 2.42. The summed E-state index contributed by atoms with van der Waals surface area (Å²) in [6, 6.07) is 1.63. The number of rotatable bonds is 4. The van der Waals surface area contributed by atoms with Crippen LogP contribution in [-0.2, 0) is 20.8 Å². The van der Waals surface area contributed by atoms with Crippen LogP contribution in [0.4, 0.5) is 0 Å². The number of carbonyl (C=O) groups excluding carboxylic acids is 1. The minimum atomic E-state index is -0.261. The zero-order valence-corrected chi connectivity index (χ0v) is 12.7. The molecule has 1 aliphatic heterocycles. The molecule has 0 aromatic carbocycles. The topological polar surface area (TPSA) is 51.7 Å². The number of esters is 1. The highest BCUT2D eigenvalue weighted by Gasteiger charge is 2.23. The zero-order valence-electron chi connectivity index (χ0n) is 11.1. The van der Waals surface area contributed by atoms with Gasteiger partial charge in [-0.15, -0.1) is 0 Å². The van der Waals surface area contributed by atoms with Gasteiger partial charge in [-0.1, -0.05) is 23.2 Å². The van der Waals surface area contributed by atoms with Crippen LogP contribution >= 0.6 is 23.2 Å². The van der Waals surface area contributed by atoms with Crippen molar-refractivity contribution in [2.45, 2.75) is 19.1 Å². The minimum absolute atomic E-state index is 0.143. The van der Waals surface area contributed by atoms with Gasteiger partial charge in [-0.3, -0.25) is 9.69 Å². The minimum Gasteiger partial charge on any atom is -0.469 e. The van der Waals surface area contributed by atoms with E-state index < -0.39 is 0 Å². The van der Waals surface area contributed by atoms with Crippen molar-refractivity contribution in [2.24, 2.45) is 0 Å². The van der Waals surface area contributed by atoms with Gasteiger partial charge in [0.15, 0.2) is 0 Å². The van der Waals surface area contributed by atoms with E-state index in [1.54, 1.807) is 12.3 Å². The van der Waals surface area contributed by atoms with Crippen molar-refractivity contribution in [1.29, 1.82) is 0 Å². The van der Waals surface area contributed by atoms with Gasteiger partial charge in [0.05, 0.1) is 26.2 Å². The molecule has 1 aliphatic rings. The fraction of sp³-hybridized carbons (Fsp3) is 0.538. The van der Waals surface area contributed by atoms with Gasteiger partial charge in [0.2, 0.25) is 0 Å². The highest BCUT2D eigenvalue weighted by molar-refractivity contribution is 6.34. The summed E-state index contributed by atoms with van der Waals surface area (Å²) in [5.41, 5.74) is 0.912. The fourth-order valence-corrected chi connectivity index (χ4v) is 2.54. The third kappa shape index (κ3) is 4.31. The third-order valence-corrected chi connectivity index (χ3v) is 3.69. The smallest absolute Gasteiger partial charge is 0.308 e. The molecule has 1 atom stereocenters. The maximum absolute atomic E-state index is 11.3. The SMILES string of the molecule is COC(=O)CC1CN(Cc2cnc(Cl)cc2Cl)CCO1. The molecule has 110 valence electrons. The molecular formula is C13H16Cl2N2O3. The summed E-state index contributed by atoms with van der Waals surface area (Å²) in [5.74, 6) is -0.261. The lowest BCUT2D eigenvalue weighted by molar-refractivity contribution is -0.145. The summed E-state index contributed by atoms with van der Waals surface area (Å²) in [5, 5.41) is 0.977. The first-order valence-electron chi connectivity index (χ1n) is 6.29. The summed E-state index contributed by atoms with van der Waals surface area (Å²) in [7, 11) is 1.38. The van der Waals surface area contributed by atoms with Crippen LogP contribution in [0.3, 0.4) is 0 Å². The fourth-order valence-electron chi connectivity index (χ4n) is 2.11. The van der Waals surface area contributed by atoms with Crippen LogP contribution in [0.5, 0.6) is 0 Å². The van der Waals surface area contributed by atoms with Gasteiger partial charge in [-0.05, 0) is 6.07 Å². The Morgan fingerprint density at radius 1 is 1.60 bits per heavy atom. The van der Waals surface area contributed by atoms with Gasteiger partial charge in [0.25, 0.3) is 0 Å². The van der Waals surface area contributed by atoms with Crippen LogP contribution in [0.25, 0.3) is 0 Å². The molecule has 1 fully saturated rings. The number of halogens is 2. The van der Waals surface area contributed by atoms with E-state index in [9.17, 15) is 4.79 Å². The van der Waals surface area contributed by atoms with Crippen LogP contribution in [0.2, 0.25) is 10.2 Å². The van der Waals surface area contributed by atoms with Crippen molar-refractivity contribution in [3.63, 3.8) is 0 Å². The molecule has 20 heavy (non-hydrogen) atoms. The number of carbonyl (C=O) groups is 1. The number of nitrogens with zero attached hydrogens (tertiary/aromatic N) is 2. The molecule has 0 radical (unpaired) electrons. The average molecular weight is 319 g/mol. The second-order valence-electron chi connectivity index (χ2n) is 4.61. The lowest BCUT2D eigenvalue weighted by Gasteiger charge is -2.32. The molecular weight excluding hydrogens is 303 g/mol. The third-order valence-electron chi connectivity index (χ3n) is 3.14. The van der Waals surface area contributed by atoms with E-state index >= 15 is 0 Å². The van der Waals surface area contributed by atoms with E-state index in [0.29, 0.717) is 29.9 Å². The number of pyridine rings is 1. The first kappa shape index (κ1) is 15.5. The van der Waals surface area contributed by atoms with E-state index in [-0.39, 0.29) is 18.5 Å². The summed E-state index contributed by atoms with van der Waals surface area (Å²) in [6.45, 7) is 2.69. The second-order valence-corrected chi connectivity index (χ2v) is 5.40. The van der Waals surface area contributed by atoms with Gasteiger partial charge in [0, 0.05) is 36.4 Å². The molecule has 0 amide bonds. The molecule has 0 spiro atoms. The maximum atomic E-state index is 11.3. The first-order valence-corrected chi connectivity index (χ1v) is 7.04. The Hall–Kier alpha value is -0.880. The summed E-state index contributed by atoms with van der Waals surface area (Å²) < 4.78 is 10.2. The van der Waals surface area contributed by atoms with Gasteiger partial charge in [0.1, 0.15) is 5.15 Å². The van der Waals surface area contributed by atoms with Crippen LogP contribution in [-0.4, -0.2) is 48.8 Å². The van der Waals surface area contributed by atoms with Crippen molar-refractivity contribution in [3.05, 3.63) is 28.0 Å². The Kier molecular flexibility index (Phi) is 5.60. The lowest BCUT2D eigenvalue weighted by Crippen LogP contribution is -2.42. The van der Waals surface area contributed by atoms with Crippen molar-refractivity contribution >= 4 is 29.2 Å². The predicted molar refractivity (Wildman–Crippen MR) is 75.9 cm³/mol. The molecule has 0 saturated carbocycles. The van der Waals surface area contributed by atoms with E-state index in [0.717, 1.165) is 12.1 Å². The van der Waals surface area contributed by atoms with Crippen LogP contribution < -0.4 is 0 Å². The Balaban J connectivity index is 1.94. The molecule has 2 rings (SSSR count). The van der Waals surface area contributed by atoms with Gasteiger partial charge in [-0.2, -0.15) is 0 Å².